The van der Waals surface area contributed by atoms with Crippen LogP contribution in [-0.4, -0.2) is 40.7 Å². The normalized spacial score (nSPS) is 18.7. The summed E-state index contributed by atoms with van der Waals surface area (Å²) in [6.07, 6.45) is 4.01. The Morgan fingerprint density at radius 1 is 1.39 bits per heavy atom. The minimum absolute atomic E-state index is 0.00290. The quantitative estimate of drug-likeness (QED) is 0.845. The van der Waals surface area contributed by atoms with Gasteiger partial charge in [0, 0.05) is 43.7 Å². The highest BCUT2D eigenvalue weighted by Crippen LogP contribution is 2.32. The minimum Gasteiger partial charge on any atom is -0.309 e. The van der Waals surface area contributed by atoms with Crippen molar-refractivity contribution in [2.45, 2.75) is 45.6 Å². The summed E-state index contributed by atoms with van der Waals surface area (Å²) in [7, 11) is -1.40. The van der Waals surface area contributed by atoms with Crippen LogP contribution in [0.4, 0.5) is 5.82 Å². The number of hydrogen-bond donors (Lipinski definition) is 1. The average molecular weight is 340 g/mol. The van der Waals surface area contributed by atoms with Gasteiger partial charge in [0.15, 0.2) is 5.82 Å². The molecule has 1 aliphatic heterocycles. The van der Waals surface area contributed by atoms with E-state index >= 15 is 0 Å². The lowest BCUT2D eigenvalue weighted by Crippen LogP contribution is -2.37. The molecule has 0 bridgehead atoms. The number of anilines is 1. The number of amides is 1. The van der Waals surface area contributed by atoms with E-state index in [-0.39, 0.29) is 17.6 Å². The third-order valence-corrected chi connectivity index (χ3v) is 6.45. The number of nitrogens with zero attached hydrogens (tertiary/aromatic N) is 3. The third kappa shape index (κ3) is 3.42. The summed E-state index contributed by atoms with van der Waals surface area (Å²) in [4.78, 5) is 12.0. The van der Waals surface area contributed by atoms with Crippen LogP contribution in [0.1, 0.15) is 43.9 Å². The fourth-order valence-corrected chi connectivity index (χ4v) is 4.53. The van der Waals surface area contributed by atoms with E-state index < -0.39 is 10.0 Å². The highest BCUT2D eigenvalue weighted by Gasteiger charge is 2.34. The summed E-state index contributed by atoms with van der Waals surface area (Å²) in [6, 6.07) is 0. The molecule has 0 atom stereocenters. The third-order valence-electron chi connectivity index (χ3n) is 4.55. The highest BCUT2D eigenvalue weighted by molar-refractivity contribution is 7.89. The topological polar surface area (TPSA) is 84.3 Å². The van der Waals surface area contributed by atoms with Gasteiger partial charge in [0.25, 0.3) is 0 Å². The molecule has 0 saturated heterocycles. The number of unbranched alkanes of at least 4 members (excludes halogenated alkanes) is 1. The van der Waals surface area contributed by atoms with Crippen LogP contribution >= 0.6 is 0 Å². The van der Waals surface area contributed by atoms with E-state index in [1.807, 2.05) is 14.0 Å². The Labute approximate surface area is 137 Å². The van der Waals surface area contributed by atoms with E-state index in [2.05, 4.69) is 10.4 Å². The van der Waals surface area contributed by atoms with Crippen LogP contribution in [-0.2, 0) is 34.8 Å². The monoisotopic (exact) mass is 340 g/mol. The molecule has 2 heterocycles. The zero-order chi connectivity index (χ0) is 16.6. The Bertz CT molecular complexity index is 707. The van der Waals surface area contributed by atoms with Crippen molar-refractivity contribution in [2.24, 2.45) is 13.0 Å². The van der Waals surface area contributed by atoms with Crippen molar-refractivity contribution in [1.29, 1.82) is 0 Å². The summed E-state index contributed by atoms with van der Waals surface area (Å²) in [5.74, 6) is 0.801. The van der Waals surface area contributed by atoms with E-state index in [4.69, 9.17) is 0 Å². The van der Waals surface area contributed by atoms with Crippen LogP contribution in [0.3, 0.4) is 0 Å². The van der Waals surface area contributed by atoms with E-state index in [0.717, 1.165) is 30.5 Å². The van der Waals surface area contributed by atoms with Crippen LogP contribution < -0.4 is 5.32 Å². The smallest absolute Gasteiger partial charge is 0.228 e. The number of fused-ring (bicyclic) bond motifs is 1. The largest absolute Gasteiger partial charge is 0.309 e. The second kappa shape index (κ2) is 6.24. The second-order valence-electron chi connectivity index (χ2n) is 6.41. The summed E-state index contributed by atoms with van der Waals surface area (Å²) in [5.41, 5.74) is 1.85. The lowest BCUT2D eigenvalue weighted by Gasteiger charge is -2.26. The predicted octanol–water partition coefficient (Wildman–Crippen LogP) is 1.26. The predicted molar refractivity (Wildman–Crippen MR) is 87.4 cm³/mol. The molecule has 1 fully saturated rings. The molecule has 0 aromatic carbocycles. The molecular weight excluding hydrogens is 316 g/mol. The fraction of sp³-hybridized carbons (Fsp3) is 0.733. The van der Waals surface area contributed by atoms with Crippen molar-refractivity contribution in [3.05, 3.63) is 11.3 Å². The Morgan fingerprint density at radius 2 is 2.13 bits per heavy atom. The van der Waals surface area contributed by atoms with Gasteiger partial charge in [-0.2, -0.15) is 9.40 Å². The van der Waals surface area contributed by atoms with Gasteiger partial charge in [-0.25, -0.2) is 8.42 Å². The van der Waals surface area contributed by atoms with Gasteiger partial charge in [-0.3, -0.25) is 9.48 Å². The first kappa shape index (κ1) is 16.4. The van der Waals surface area contributed by atoms with Crippen molar-refractivity contribution in [2.75, 3.05) is 17.6 Å². The molecule has 1 amide bonds. The van der Waals surface area contributed by atoms with Gasteiger partial charge in [-0.05, 0) is 19.3 Å². The Balaban J connectivity index is 1.79. The Kier molecular flexibility index (Phi) is 4.46. The summed E-state index contributed by atoms with van der Waals surface area (Å²) >= 11 is 0. The molecule has 1 aromatic rings. The molecule has 1 N–H and O–H groups in total. The van der Waals surface area contributed by atoms with E-state index in [0.29, 0.717) is 31.7 Å². The molecule has 23 heavy (non-hydrogen) atoms. The van der Waals surface area contributed by atoms with Crippen LogP contribution in [0.25, 0.3) is 0 Å². The van der Waals surface area contributed by atoms with Gasteiger partial charge < -0.3 is 5.32 Å². The lowest BCUT2D eigenvalue weighted by atomic mass is 10.1. The summed E-state index contributed by atoms with van der Waals surface area (Å²) in [6.45, 7) is 2.76. The average Bonchev–Trinajstić information content (AvgIpc) is 3.32. The minimum atomic E-state index is -3.24. The molecule has 7 nitrogen and oxygen atoms in total. The van der Waals surface area contributed by atoms with E-state index in [9.17, 15) is 13.2 Å². The molecule has 1 aromatic heterocycles. The number of nitrogens with one attached hydrogen (secondary N) is 1. The van der Waals surface area contributed by atoms with Gasteiger partial charge in [0.2, 0.25) is 15.9 Å². The van der Waals surface area contributed by atoms with E-state index in [1.54, 1.807) is 4.68 Å². The first-order valence-corrected chi connectivity index (χ1v) is 9.86. The molecule has 0 unspecified atom stereocenters. The zero-order valence-electron chi connectivity index (χ0n) is 13.7. The van der Waals surface area contributed by atoms with Crippen LogP contribution in [0.15, 0.2) is 0 Å². The maximum atomic E-state index is 12.4. The SMILES string of the molecule is CCCCS(=O)(=O)N1CCc2c(c(NC(=O)C3CC3)nn2C)C1. The molecule has 3 rings (SSSR count). The van der Waals surface area contributed by atoms with Crippen LogP contribution in [0, 0.1) is 5.92 Å². The van der Waals surface area contributed by atoms with E-state index in [1.165, 1.54) is 4.31 Å². The molecular formula is C15H24N4O3S. The van der Waals surface area contributed by atoms with Crippen molar-refractivity contribution >= 4 is 21.7 Å². The molecule has 8 heteroatoms. The van der Waals surface area contributed by atoms with Gasteiger partial charge >= 0.3 is 0 Å². The fourth-order valence-electron chi connectivity index (χ4n) is 2.93. The Hall–Kier alpha value is -1.41. The van der Waals surface area contributed by atoms with Gasteiger partial charge in [-0.1, -0.05) is 13.3 Å². The van der Waals surface area contributed by atoms with Crippen molar-refractivity contribution in [3.8, 4) is 0 Å². The Morgan fingerprint density at radius 3 is 2.78 bits per heavy atom. The second-order valence-corrected chi connectivity index (χ2v) is 8.50. The van der Waals surface area contributed by atoms with Gasteiger partial charge in [0.1, 0.15) is 0 Å². The molecule has 1 saturated carbocycles. The number of aromatic nitrogens is 2. The van der Waals surface area contributed by atoms with Crippen molar-refractivity contribution in [1.82, 2.24) is 14.1 Å². The molecule has 128 valence electrons. The summed E-state index contributed by atoms with van der Waals surface area (Å²) in [5, 5.41) is 7.26. The van der Waals surface area contributed by atoms with Gasteiger partial charge in [-0.15, -0.1) is 0 Å². The maximum absolute atomic E-state index is 12.4. The van der Waals surface area contributed by atoms with Crippen molar-refractivity contribution in [3.63, 3.8) is 0 Å². The van der Waals surface area contributed by atoms with Crippen molar-refractivity contribution < 1.29 is 13.2 Å². The number of aryl methyl sites for hydroxylation is 1. The number of carbonyl (C=O) groups is 1. The molecule has 0 spiro atoms. The molecule has 0 radical (unpaired) electrons. The first-order valence-electron chi connectivity index (χ1n) is 8.25. The standard InChI is InChI=1S/C15H24N4O3S/c1-3-4-9-23(21,22)19-8-7-13-12(10-19)14(17-18(13)2)16-15(20)11-5-6-11/h11H,3-10H2,1-2H3,(H,16,17,20). The lowest BCUT2D eigenvalue weighted by molar-refractivity contribution is -0.117. The molecule has 1 aliphatic carbocycles. The van der Waals surface area contributed by atoms with Gasteiger partial charge in [0.05, 0.1) is 5.75 Å². The number of rotatable bonds is 6. The van der Waals surface area contributed by atoms with Crippen LogP contribution in [0.5, 0.6) is 0 Å². The molecule has 2 aliphatic rings. The zero-order valence-corrected chi connectivity index (χ0v) is 14.5. The number of carbonyl (C=O) groups excluding carboxylic acids is 1. The van der Waals surface area contributed by atoms with Crippen LogP contribution in [0.2, 0.25) is 0 Å². The summed E-state index contributed by atoms with van der Waals surface area (Å²) < 4.78 is 28.1. The first-order chi connectivity index (χ1) is 10.9. The highest BCUT2D eigenvalue weighted by atomic mass is 32.2. The maximum Gasteiger partial charge on any atom is 0.228 e. The number of sulfonamides is 1. The number of hydrogen-bond acceptors (Lipinski definition) is 4.